The number of anilines is 1. The first-order valence-electron chi connectivity index (χ1n) is 7.23. The lowest BCUT2D eigenvalue weighted by atomic mass is 9.63. The molecule has 3 N–H and O–H groups in total. The van der Waals surface area contributed by atoms with Crippen LogP contribution in [0.5, 0.6) is 0 Å². The van der Waals surface area contributed by atoms with Gasteiger partial charge < -0.3 is 10.8 Å². The molecule has 3 rings (SSSR count). The van der Waals surface area contributed by atoms with E-state index in [2.05, 4.69) is 5.10 Å². The van der Waals surface area contributed by atoms with Crippen LogP contribution >= 0.6 is 0 Å². The van der Waals surface area contributed by atoms with Crippen LogP contribution in [0, 0.1) is 11.8 Å². The minimum absolute atomic E-state index is 0.100. The van der Waals surface area contributed by atoms with Gasteiger partial charge in [0.2, 0.25) is 0 Å². The number of aliphatic hydroxyl groups excluding tert-OH is 1. The van der Waals surface area contributed by atoms with Crippen molar-refractivity contribution in [1.82, 2.24) is 9.78 Å². The SMILES string of the molecule is Nc1cc(C(C2CCC2)C2CCC2)nn1CCO. The first kappa shape index (κ1) is 12.0. The number of hydrogen-bond donors (Lipinski definition) is 2. The van der Waals surface area contributed by atoms with Gasteiger partial charge in [-0.2, -0.15) is 5.10 Å². The van der Waals surface area contributed by atoms with E-state index in [4.69, 9.17) is 10.8 Å². The largest absolute Gasteiger partial charge is 0.394 e. The molecule has 0 aromatic carbocycles. The second-order valence-corrected chi connectivity index (χ2v) is 5.85. The highest BCUT2D eigenvalue weighted by molar-refractivity contribution is 5.33. The summed E-state index contributed by atoms with van der Waals surface area (Å²) in [6, 6.07) is 2.04. The van der Waals surface area contributed by atoms with Crippen molar-refractivity contribution in [2.45, 2.75) is 51.0 Å². The first-order valence-corrected chi connectivity index (χ1v) is 7.23. The van der Waals surface area contributed by atoms with E-state index in [1.165, 1.54) is 44.2 Å². The van der Waals surface area contributed by atoms with Crippen molar-refractivity contribution in [1.29, 1.82) is 0 Å². The summed E-state index contributed by atoms with van der Waals surface area (Å²) in [4.78, 5) is 0. The lowest BCUT2D eigenvalue weighted by molar-refractivity contribution is 0.146. The zero-order valence-corrected chi connectivity index (χ0v) is 10.9. The Morgan fingerprint density at radius 1 is 1.28 bits per heavy atom. The van der Waals surface area contributed by atoms with Gasteiger partial charge in [-0.05, 0) is 37.5 Å². The summed E-state index contributed by atoms with van der Waals surface area (Å²) in [6.07, 6.45) is 8.17. The van der Waals surface area contributed by atoms with Gasteiger partial charge >= 0.3 is 0 Å². The topological polar surface area (TPSA) is 64.1 Å². The predicted molar refractivity (Wildman–Crippen MR) is 71.1 cm³/mol. The molecule has 0 atom stereocenters. The van der Waals surface area contributed by atoms with Crippen LogP contribution in [-0.2, 0) is 6.54 Å². The van der Waals surface area contributed by atoms with E-state index in [0.717, 1.165) is 11.8 Å². The average Bonchev–Trinajstić information content (AvgIpc) is 2.55. The molecule has 18 heavy (non-hydrogen) atoms. The van der Waals surface area contributed by atoms with Crippen LogP contribution in [0.2, 0.25) is 0 Å². The normalized spacial score (nSPS) is 21.0. The standard InChI is InChI=1S/C14H23N3O/c15-13-9-12(16-17(13)7-8-18)14(10-3-1-4-10)11-5-2-6-11/h9-11,14,18H,1-8,15H2. The molecule has 4 nitrogen and oxygen atoms in total. The van der Waals surface area contributed by atoms with Crippen molar-refractivity contribution >= 4 is 5.82 Å². The zero-order chi connectivity index (χ0) is 12.5. The molecule has 0 bridgehead atoms. The number of rotatable bonds is 5. The Bertz CT molecular complexity index is 393. The van der Waals surface area contributed by atoms with E-state index < -0.39 is 0 Å². The Labute approximate surface area is 108 Å². The van der Waals surface area contributed by atoms with E-state index >= 15 is 0 Å². The number of aromatic nitrogens is 2. The molecular formula is C14H23N3O. The third kappa shape index (κ3) is 2.03. The van der Waals surface area contributed by atoms with Crippen molar-refractivity contribution in [3.05, 3.63) is 11.8 Å². The highest BCUT2D eigenvalue weighted by atomic mass is 16.3. The molecule has 4 heteroatoms. The lowest BCUT2D eigenvalue weighted by Gasteiger charge is -2.41. The fraction of sp³-hybridized carbons (Fsp3) is 0.786. The van der Waals surface area contributed by atoms with Crippen molar-refractivity contribution in [3.63, 3.8) is 0 Å². The Hall–Kier alpha value is -1.03. The molecule has 2 aliphatic carbocycles. The first-order chi connectivity index (χ1) is 8.79. The predicted octanol–water partition coefficient (Wildman–Crippen LogP) is 2.14. The molecular weight excluding hydrogens is 226 g/mol. The van der Waals surface area contributed by atoms with Crippen molar-refractivity contribution < 1.29 is 5.11 Å². The van der Waals surface area contributed by atoms with Crippen LogP contribution in [0.3, 0.4) is 0 Å². The van der Waals surface area contributed by atoms with E-state index in [9.17, 15) is 0 Å². The number of hydrogen-bond acceptors (Lipinski definition) is 3. The quantitative estimate of drug-likeness (QED) is 0.840. The van der Waals surface area contributed by atoms with Gasteiger partial charge in [0.15, 0.2) is 0 Å². The van der Waals surface area contributed by atoms with E-state index in [1.807, 2.05) is 6.07 Å². The Kier molecular flexibility index (Phi) is 3.29. The fourth-order valence-corrected chi connectivity index (χ4v) is 3.35. The molecule has 0 amide bonds. The summed E-state index contributed by atoms with van der Waals surface area (Å²) in [5.74, 6) is 2.97. The Balaban J connectivity index is 1.82. The summed E-state index contributed by atoms with van der Waals surface area (Å²) in [5, 5.41) is 13.6. The van der Waals surface area contributed by atoms with Gasteiger partial charge in [-0.25, -0.2) is 4.68 Å². The monoisotopic (exact) mass is 249 g/mol. The van der Waals surface area contributed by atoms with Gasteiger partial charge in [0, 0.05) is 12.0 Å². The van der Waals surface area contributed by atoms with Gasteiger partial charge in [0.05, 0.1) is 18.8 Å². The number of aliphatic hydroxyl groups is 1. The summed E-state index contributed by atoms with van der Waals surface area (Å²) >= 11 is 0. The minimum atomic E-state index is 0.100. The van der Waals surface area contributed by atoms with Gasteiger partial charge in [0.1, 0.15) is 5.82 Å². The smallest absolute Gasteiger partial charge is 0.122 e. The number of nitrogens with zero attached hydrogens (tertiary/aromatic N) is 2. The summed E-state index contributed by atoms with van der Waals surface area (Å²) in [7, 11) is 0. The van der Waals surface area contributed by atoms with Gasteiger partial charge in [-0.3, -0.25) is 0 Å². The molecule has 0 spiro atoms. The molecule has 2 aliphatic rings. The van der Waals surface area contributed by atoms with E-state index in [1.54, 1.807) is 4.68 Å². The lowest BCUT2D eigenvalue weighted by Crippen LogP contribution is -2.31. The van der Waals surface area contributed by atoms with Crippen LogP contribution in [0.4, 0.5) is 5.82 Å². The van der Waals surface area contributed by atoms with Crippen LogP contribution in [0.15, 0.2) is 6.07 Å². The molecule has 2 fully saturated rings. The van der Waals surface area contributed by atoms with Gasteiger partial charge in [-0.15, -0.1) is 0 Å². The second-order valence-electron chi connectivity index (χ2n) is 5.85. The molecule has 1 heterocycles. The maximum Gasteiger partial charge on any atom is 0.122 e. The highest BCUT2D eigenvalue weighted by Gasteiger charge is 2.38. The molecule has 0 aliphatic heterocycles. The van der Waals surface area contributed by atoms with E-state index in [0.29, 0.717) is 18.3 Å². The molecule has 0 saturated heterocycles. The third-order valence-corrected chi connectivity index (χ3v) is 4.80. The third-order valence-electron chi connectivity index (χ3n) is 4.80. The molecule has 2 saturated carbocycles. The van der Waals surface area contributed by atoms with Gasteiger partial charge in [-0.1, -0.05) is 12.8 Å². The van der Waals surface area contributed by atoms with Gasteiger partial charge in [0.25, 0.3) is 0 Å². The second kappa shape index (κ2) is 4.92. The highest BCUT2D eigenvalue weighted by Crippen LogP contribution is 2.49. The van der Waals surface area contributed by atoms with Crippen LogP contribution in [0.25, 0.3) is 0 Å². The summed E-state index contributed by atoms with van der Waals surface area (Å²) < 4.78 is 1.75. The van der Waals surface area contributed by atoms with Crippen LogP contribution in [-0.4, -0.2) is 21.5 Å². The summed E-state index contributed by atoms with van der Waals surface area (Å²) in [5.41, 5.74) is 7.15. The summed E-state index contributed by atoms with van der Waals surface area (Å²) in [6.45, 7) is 0.608. The Morgan fingerprint density at radius 2 is 1.89 bits per heavy atom. The van der Waals surface area contributed by atoms with Crippen molar-refractivity contribution in [2.24, 2.45) is 11.8 Å². The average molecular weight is 249 g/mol. The number of nitrogens with two attached hydrogens (primary N) is 1. The fourth-order valence-electron chi connectivity index (χ4n) is 3.35. The van der Waals surface area contributed by atoms with Crippen molar-refractivity contribution in [2.75, 3.05) is 12.3 Å². The minimum Gasteiger partial charge on any atom is -0.394 e. The molecule has 0 radical (unpaired) electrons. The molecule has 100 valence electrons. The van der Waals surface area contributed by atoms with Crippen LogP contribution in [0.1, 0.15) is 50.1 Å². The molecule has 0 unspecified atom stereocenters. The van der Waals surface area contributed by atoms with Crippen LogP contribution < -0.4 is 5.73 Å². The Morgan fingerprint density at radius 3 is 2.33 bits per heavy atom. The number of nitrogen functional groups attached to an aromatic ring is 1. The van der Waals surface area contributed by atoms with E-state index in [-0.39, 0.29) is 6.61 Å². The molecule has 1 aromatic rings. The zero-order valence-electron chi connectivity index (χ0n) is 10.9. The maximum atomic E-state index is 9.01. The van der Waals surface area contributed by atoms with Crippen molar-refractivity contribution in [3.8, 4) is 0 Å². The maximum absolute atomic E-state index is 9.01. The molecule has 1 aromatic heterocycles.